The lowest BCUT2D eigenvalue weighted by Crippen LogP contribution is -1.96. The number of rotatable bonds is 8. The Morgan fingerprint density at radius 1 is 0.650 bits per heavy atom. The van der Waals surface area contributed by atoms with Crippen molar-refractivity contribution in [1.29, 1.82) is 0 Å². The van der Waals surface area contributed by atoms with Crippen LogP contribution in [0.3, 0.4) is 0 Å². The Morgan fingerprint density at radius 3 is 2.05 bits per heavy atom. The highest BCUT2D eigenvalue weighted by molar-refractivity contribution is 5.32. The van der Waals surface area contributed by atoms with Gasteiger partial charge in [0.25, 0.3) is 0 Å². The third kappa shape index (κ3) is 4.82. The zero-order valence-electron chi connectivity index (χ0n) is 12.1. The van der Waals surface area contributed by atoms with Gasteiger partial charge in [-0.1, -0.05) is 67.4 Å². The second-order valence-electron chi connectivity index (χ2n) is 5.32. The van der Waals surface area contributed by atoms with E-state index in [0.29, 0.717) is 6.61 Å². The number of aliphatic hydroxyl groups excluding tert-OH is 1. The maximum atomic E-state index is 8.79. The first kappa shape index (κ1) is 14.8. The van der Waals surface area contributed by atoms with Crippen molar-refractivity contribution in [2.45, 2.75) is 38.5 Å². The summed E-state index contributed by atoms with van der Waals surface area (Å²) >= 11 is 0. The summed E-state index contributed by atoms with van der Waals surface area (Å²) in [4.78, 5) is 0. The number of unbranched alkanes of at least 4 members (excludes halogenated alkanes) is 3. The predicted molar refractivity (Wildman–Crippen MR) is 84.9 cm³/mol. The van der Waals surface area contributed by atoms with Crippen molar-refractivity contribution >= 4 is 0 Å². The lowest BCUT2D eigenvalue weighted by molar-refractivity contribution is 0.282. The van der Waals surface area contributed by atoms with Crippen molar-refractivity contribution in [2.24, 2.45) is 0 Å². The Kier molecular flexibility index (Phi) is 6.33. The molecule has 1 N–H and O–H groups in total. The average Bonchev–Trinajstić information content (AvgIpc) is 2.50. The molecule has 0 heterocycles. The van der Waals surface area contributed by atoms with Crippen LogP contribution < -0.4 is 0 Å². The highest BCUT2D eigenvalue weighted by Crippen LogP contribution is 2.17. The number of aryl methyl sites for hydroxylation is 1. The Morgan fingerprint density at radius 2 is 1.30 bits per heavy atom. The molecule has 0 fully saturated rings. The standard InChI is InChI=1S/C19H24O/c20-15-9-2-1-6-12-18-13-7-8-14-19(18)16-17-10-4-3-5-11-17/h3-5,7-8,10-11,13-14,20H,1-2,6,9,12,15-16H2. The van der Waals surface area contributed by atoms with Crippen LogP contribution in [0.1, 0.15) is 42.4 Å². The molecule has 0 aliphatic rings. The Labute approximate surface area is 122 Å². The Balaban J connectivity index is 1.92. The van der Waals surface area contributed by atoms with E-state index in [-0.39, 0.29) is 0 Å². The van der Waals surface area contributed by atoms with Gasteiger partial charge in [0.15, 0.2) is 0 Å². The first-order valence-corrected chi connectivity index (χ1v) is 7.61. The van der Waals surface area contributed by atoms with E-state index in [1.165, 1.54) is 29.5 Å². The van der Waals surface area contributed by atoms with E-state index < -0.39 is 0 Å². The predicted octanol–water partition coefficient (Wildman–Crippen LogP) is 4.37. The smallest absolute Gasteiger partial charge is 0.0431 e. The van der Waals surface area contributed by atoms with Gasteiger partial charge in [0, 0.05) is 6.61 Å². The quantitative estimate of drug-likeness (QED) is 0.705. The maximum absolute atomic E-state index is 8.79. The van der Waals surface area contributed by atoms with Crippen LogP contribution in [0.4, 0.5) is 0 Å². The molecule has 2 aromatic carbocycles. The van der Waals surface area contributed by atoms with Crippen LogP contribution in [0, 0.1) is 0 Å². The molecule has 0 saturated heterocycles. The van der Waals surface area contributed by atoms with E-state index >= 15 is 0 Å². The molecule has 0 amide bonds. The van der Waals surface area contributed by atoms with Gasteiger partial charge in [0.1, 0.15) is 0 Å². The Bertz CT molecular complexity index is 490. The monoisotopic (exact) mass is 268 g/mol. The van der Waals surface area contributed by atoms with Gasteiger partial charge in [0.05, 0.1) is 0 Å². The number of benzene rings is 2. The molecule has 0 bridgehead atoms. The van der Waals surface area contributed by atoms with Crippen LogP contribution >= 0.6 is 0 Å². The molecule has 106 valence electrons. The molecule has 0 aliphatic carbocycles. The minimum Gasteiger partial charge on any atom is -0.396 e. The van der Waals surface area contributed by atoms with Gasteiger partial charge in [-0.3, -0.25) is 0 Å². The molecule has 0 saturated carbocycles. The minimum absolute atomic E-state index is 0.324. The van der Waals surface area contributed by atoms with Crippen molar-refractivity contribution in [2.75, 3.05) is 6.61 Å². The summed E-state index contributed by atoms with van der Waals surface area (Å²) in [7, 11) is 0. The van der Waals surface area contributed by atoms with E-state index in [1.54, 1.807) is 0 Å². The zero-order chi connectivity index (χ0) is 14.0. The number of hydrogen-bond acceptors (Lipinski definition) is 1. The van der Waals surface area contributed by atoms with Crippen molar-refractivity contribution in [3.05, 3.63) is 71.3 Å². The molecule has 0 unspecified atom stereocenters. The molecule has 0 spiro atoms. The lowest BCUT2D eigenvalue weighted by atomic mass is 9.96. The summed E-state index contributed by atoms with van der Waals surface area (Å²) in [5, 5.41) is 8.79. The summed E-state index contributed by atoms with van der Waals surface area (Å²) < 4.78 is 0. The number of hydrogen-bond donors (Lipinski definition) is 1. The third-order valence-corrected chi connectivity index (χ3v) is 3.71. The fourth-order valence-corrected chi connectivity index (χ4v) is 2.57. The van der Waals surface area contributed by atoms with Crippen LogP contribution in [0.5, 0.6) is 0 Å². The lowest BCUT2D eigenvalue weighted by Gasteiger charge is -2.09. The van der Waals surface area contributed by atoms with Crippen LogP contribution in [0.15, 0.2) is 54.6 Å². The normalized spacial score (nSPS) is 10.7. The van der Waals surface area contributed by atoms with Crippen molar-refractivity contribution in [1.82, 2.24) is 0 Å². The first-order chi connectivity index (χ1) is 9.90. The molecule has 1 heteroatoms. The summed E-state index contributed by atoms with van der Waals surface area (Å²) in [6.07, 6.45) is 6.66. The molecule has 2 rings (SSSR count). The van der Waals surface area contributed by atoms with E-state index in [0.717, 1.165) is 25.7 Å². The molecule has 1 nitrogen and oxygen atoms in total. The number of aliphatic hydroxyl groups is 1. The van der Waals surface area contributed by atoms with Gasteiger partial charge in [0.2, 0.25) is 0 Å². The van der Waals surface area contributed by atoms with Gasteiger partial charge < -0.3 is 5.11 Å². The summed E-state index contributed by atoms with van der Waals surface area (Å²) in [5.41, 5.74) is 4.29. The largest absolute Gasteiger partial charge is 0.396 e. The van der Waals surface area contributed by atoms with E-state index in [2.05, 4.69) is 54.6 Å². The molecular formula is C19H24O. The molecule has 20 heavy (non-hydrogen) atoms. The van der Waals surface area contributed by atoms with Crippen LogP contribution in [0.2, 0.25) is 0 Å². The third-order valence-electron chi connectivity index (χ3n) is 3.71. The van der Waals surface area contributed by atoms with Gasteiger partial charge >= 0.3 is 0 Å². The van der Waals surface area contributed by atoms with E-state index in [9.17, 15) is 0 Å². The van der Waals surface area contributed by atoms with Crippen molar-refractivity contribution < 1.29 is 5.11 Å². The van der Waals surface area contributed by atoms with Crippen LogP contribution in [-0.2, 0) is 12.8 Å². The topological polar surface area (TPSA) is 20.2 Å². The fourth-order valence-electron chi connectivity index (χ4n) is 2.57. The van der Waals surface area contributed by atoms with Crippen LogP contribution in [-0.4, -0.2) is 11.7 Å². The van der Waals surface area contributed by atoms with Gasteiger partial charge in [-0.2, -0.15) is 0 Å². The second-order valence-corrected chi connectivity index (χ2v) is 5.32. The van der Waals surface area contributed by atoms with Gasteiger partial charge in [-0.25, -0.2) is 0 Å². The van der Waals surface area contributed by atoms with Gasteiger partial charge in [-0.05, 0) is 42.4 Å². The maximum Gasteiger partial charge on any atom is 0.0431 e. The molecule has 0 aliphatic heterocycles. The van der Waals surface area contributed by atoms with E-state index in [4.69, 9.17) is 5.11 Å². The molecular weight excluding hydrogens is 244 g/mol. The molecule has 0 radical (unpaired) electrons. The molecule has 2 aromatic rings. The van der Waals surface area contributed by atoms with Crippen molar-refractivity contribution in [3.63, 3.8) is 0 Å². The summed E-state index contributed by atoms with van der Waals surface area (Å²) in [6, 6.07) is 19.4. The van der Waals surface area contributed by atoms with Gasteiger partial charge in [-0.15, -0.1) is 0 Å². The second kappa shape index (κ2) is 8.55. The Hall–Kier alpha value is -1.60. The average molecular weight is 268 g/mol. The minimum atomic E-state index is 0.324. The molecule has 0 aromatic heterocycles. The van der Waals surface area contributed by atoms with Crippen molar-refractivity contribution in [3.8, 4) is 0 Å². The molecule has 0 atom stereocenters. The highest BCUT2D eigenvalue weighted by atomic mass is 16.2. The van der Waals surface area contributed by atoms with Crippen LogP contribution in [0.25, 0.3) is 0 Å². The fraction of sp³-hybridized carbons (Fsp3) is 0.368. The summed E-state index contributed by atoms with van der Waals surface area (Å²) in [6.45, 7) is 0.324. The van der Waals surface area contributed by atoms with E-state index in [1.807, 2.05) is 0 Å². The first-order valence-electron chi connectivity index (χ1n) is 7.61. The SMILES string of the molecule is OCCCCCCc1ccccc1Cc1ccccc1. The summed E-state index contributed by atoms with van der Waals surface area (Å²) in [5.74, 6) is 0. The zero-order valence-corrected chi connectivity index (χ0v) is 12.1. The highest BCUT2D eigenvalue weighted by Gasteiger charge is 2.03.